The van der Waals surface area contributed by atoms with Crippen LogP contribution in [0.2, 0.25) is 0 Å². The van der Waals surface area contributed by atoms with Crippen molar-refractivity contribution < 1.29 is 4.74 Å². The van der Waals surface area contributed by atoms with Gasteiger partial charge >= 0.3 is 0 Å². The second-order valence-corrected chi connectivity index (χ2v) is 5.98. The third-order valence-electron chi connectivity index (χ3n) is 3.12. The van der Waals surface area contributed by atoms with Crippen LogP contribution in [0, 0.1) is 25.7 Å². The molecule has 0 amide bonds. The summed E-state index contributed by atoms with van der Waals surface area (Å²) in [5.74, 6) is 2.20. The molecule has 1 unspecified atom stereocenters. The Morgan fingerprint density at radius 1 is 1.16 bits per heavy atom. The fourth-order valence-corrected chi connectivity index (χ4v) is 2.39. The third kappa shape index (κ3) is 5.10. The number of rotatable bonds is 6. The molecule has 0 saturated heterocycles. The molecule has 0 aliphatic rings. The van der Waals surface area contributed by atoms with Gasteiger partial charge in [0.25, 0.3) is 0 Å². The van der Waals surface area contributed by atoms with Crippen molar-refractivity contribution in [1.29, 1.82) is 0 Å². The Labute approximate surface area is 118 Å². The fourth-order valence-electron chi connectivity index (χ4n) is 2.39. The van der Waals surface area contributed by atoms with Gasteiger partial charge in [-0.15, -0.1) is 0 Å². The minimum Gasteiger partial charge on any atom is -0.493 e. The normalized spacial score (nSPS) is 13.2. The summed E-state index contributed by atoms with van der Waals surface area (Å²) in [6.45, 7) is 13.8. The molecule has 0 N–H and O–H groups in total. The minimum absolute atomic E-state index is 0.549. The molecule has 0 bridgehead atoms. The van der Waals surface area contributed by atoms with E-state index in [1.165, 1.54) is 16.7 Å². The van der Waals surface area contributed by atoms with E-state index >= 15 is 0 Å². The molecule has 0 aliphatic carbocycles. The van der Waals surface area contributed by atoms with E-state index in [1.807, 2.05) is 0 Å². The summed E-state index contributed by atoms with van der Waals surface area (Å²) in [5.41, 5.74) is 3.91. The molecule has 0 spiro atoms. The van der Waals surface area contributed by atoms with Crippen molar-refractivity contribution in [3.05, 3.63) is 41.0 Å². The topological polar surface area (TPSA) is 9.23 Å². The Morgan fingerprint density at radius 2 is 1.84 bits per heavy atom. The van der Waals surface area contributed by atoms with Crippen molar-refractivity contribution in [3.63, 3.8) is 0 Å². The molecule has 0 saturated carbocycles. The first-order chi connectivity index (χ1) is 8.93. The highest BCUT2D eigenvalue weighted by molar-refractivity contribution is 5.44. The van der Waals surface area contributed by atoms with Gasteiger partial charge in [0.05, 0.1) is 6.61 Å². The standard InChI is InChI=1S/C18H28O/c1-7-8-14(4)10-17-11-15(5)9-16(6)18(17)19-12-13(2)3/h7-9,11,13-14H,10,12H2,1-6H3/b8-7-. The molecular formula is C18H28O. The lowest BCUT2D eigenvalue weighted by Gasteiger charge is -2.18. The number of ether oxygens (including phenoxy) is 1. The Bertz CT molecular complexity index is 430. The van der Waals surface area contributed by atoms with Crippen molar-refractivity contribution in [1.82, 2.24) is 0 Å². The van der Waals surface area contributed by atoms with Crippen LogP contribution in [-0.4, -0.2) is 6.61 Å². The van der Waals surface area contributed by atoms with E-state index in [2.05, 4.69) is 65.8 Å². The molecule has 106 valence electrons. The predicted molar refractivity (Wildman–Crippen MR) is 83.9 cm³/mol. The predicted octanol–water partition coefficient (Wildman–Crippen LogP) is 5.09. The largest absolute Gasteiger partial charge is 0.493 e. The van der Waals surface area contributed by atoms with E-state index in [9.17, 15) is 0 Å². The van der Waals surface area contributed by atoms with Gasteiger partial charge in [0.15, 0.2) is 0 Å². The zero-order valence-corrected chi connectivity index (χ0v) is 13.3. The lowest BCUT2D eigenvalue weighted by atomic mass is 9.96. The molecular weight excluding hydrogens is 232 g/mol. The second kappa shape index (κ2) is 7.37. The Balaban J connectivity index is 2.98. The van der Waals surface area contributed by atoms with Gasteiger partial charge in [0.1, 0.15) is 5.75 Å². The molecule has 1 aromatic carbocycles. The highest BCUT2D eigenvalue weighted by atomic mass is 16.5. The van der Waals surface area contributed by atoms with Crippen LogP contribution in [0.3, 0.4) is 0 Å². The third-order valence-corrected chi connectivity index (χ3v) is 3.12. The van der Waals surface area contributed by atoms with Gasteiger partial charge in [-0.3, -0.25) is 0 Å². The maximum absolute atomic E-state index is 6.04. The zero-order chi connectivity index (χ0) is 14.4. The van der Waals surface area contributed by atoms with E-state index in [0.717, 1.165) is 18.8 Å². The van der Waals surface area contributed by atoms with Gasteiger partial charge in [-0.1, -0.05) is 50.6 Å². The van der Waals surface area contributed by atoms with Crippen LogP contribution in [0.4, 0.5) is 0 Å². The smallest absolute Gasteiger partial charge is 0.125 e. The Hall–Kier alpha value is -1.24. The molecule has 1 nitrogen and oxygen atoms in total. The molecule has 1 aromatic rings. The summed E-state index contributed by atoms with van der Waals surface area (Å²) >= 11 is 0. The van der Waals surface area contributed by atoms with E-state index < -0.39 is 0 Å². The van der Waals surface area contributed by atoms with Crippen molar-refractivity contribution in [3.8, 4) is 5.75 Å². The minimum atomic E-state index is 0.549. The Morgan fingerprint density at radius 3 is 2.42 bits per heavy atom. The molecule has 0 radical (unpaired) electrons. The Kier molecular flexibility index (Phi) is 6.14. The van der Waals surface area contributed by atoms with Crippen LogP contribution in [0.1, 0.15) is 44.4 Å². The van der Waals surface area contributed by atoms with Crippen LogP contribution in [0.15, 0.2) is 24.3 Å². The van der Waals surface area contributed by atoms with Crippen LogP contribution in [0.25, 0.3) is 0 Å². The summed E-state index contributed by atoms with van der Waals surface area (Å²) < 4.78 is 6.04. The maximum atomic E-state index is 6.04. The zero-order valence-electron chi connectivity index (χ0n) is 13.3. The number of benzene rings is 1. The molecule has 0 aliphatic heterocycles. The highest BCUT2D eigenvalue weighted by Crippen LogP contribution is 2.28. The fraction of sp³-hybridized carbons (Fsp3) is 0.556. The summed E-state index contributed by atoms with van der Waals surface area (Å²) in [5, 5.41) is 0. The first kappa shape index (κ1) is 15.8. The van der Waals surface area contributed by atoms with Gasteiger partial charge < -0.3 is 4.74 Å². The molecule has 19 heavy (non-hydrogen) atoms. The molecule has 1 atom stereocenters. The summed E-state index contributed by atoms with van der Waals surface area (Å²) in [7, 11) is 0. The number of allylic oxidation sites excluding steroid dienone is 2. The first-order valence-corrected chi connectivity index (χ1v) is 7.29. The van der Waals surface area contributed by atoms with Gasteiger partial charge in [-0.05, 0) is 50.2 Å². The molecule has 0 heterocycles. The van der Waals surface area contributed by atoms with Gasteiger partial charge in [0.2, 0.25) is 0 Å². The van der Waals surface area contributed by atoms with Crippen LogP contribution in [-0.2, 0) is 6.42 Å². The molecule has 0 aromatic heterocycles. The number of hydrogen-bond donors (Lipinski definition) is 0. The van der Waals surface area contributed by atoms with Gasteiger partial charge in [0, 0.05) is 0 Å². The van der Waals surface area contributed by atoms with E-state index in [-0.39, 0.29) is 0 Å². The lowest BCUT2D eigenvalue weighted by Crippen LogP contribution is -2.09. The average molecular weight is 260 g/mol. The van der Waals surface area contributed by atoms with Crippen LogP contribution >= 0.6 is 0 Å². The first-order valence-electron chi connectivity index (χ1n) is 7.29. The summed E-state index contributed by atoms with van der Waals surface area (Å²) in [6, 6.07) is 4.47. The van der Waals surface area contributed by atoms with Crippen molar-refractivity contribution in [2.24, 2.45) is 11.8 Å². The monoisotopic (exact) mass is 260 g/mol. The van der Waals surface area contributed by atoms with Crippen LogP contribution < -0.4 is 4.74 Å². The number of hydrogen-bond acceptors (Lipinski definition) is 1. The van der Waals surface area contributed by atoms with E-state index in [4.69, 9.17) is 4.74 Å². The molecule has 1 heteroatoms. The van der Waals surface area contributed by atoms with E-state index in [1.54, 1.807) is 0 Å². The molecule has 1 rings (SSSR count). The van der Waals surface area contributed by atoms with Crippen molar-refractivity contribution >= 4 is 0 Å². The SMILES string of the molecule is C/C=C\C(C)Cc1cc(C)cc(C)c1OCC(C)C. The highest BCUT2D eigenvalue weighted by Gasteiger charge is 2.11. The number of aryl methyl sites for hydroxylation is 2. The lowest BCUT2D eigenvalue weighted by molar-refractivity contribution is 0.266. The average Bonchev–Trinajstić information content (AvgIpc) is 2.27. The van der Waals surface area contributed by atoms with Gasteiger partial charge in [-0.2, -0.15) is 0 Å². The second-order valence-electron chi connectivity index (χ2n) is 5.98. The quantitative estimate of drug-likeness (QED) is 0.647. The van der Waals surface area contributed by atoms with E-state index in [0.29, 0.717) is 11.8 Å². The van der Waals surface area contributed by atoms with Gasteiger partial charge in [-0.25, -0.2) is 0 Å². The maximum Gasteiger partial charge on any atom is 0.125 e. The summed E-state index contributed by atoms with van der Waals surface area (Å²) in [6.07, 6.45) is 5.42. The van der Waals surface area contributed by atoms with Crippen LogP contribution in [0.5, 0.6) is 5.75 Å². The molecule has 0 fully saturated rings. The van der Waals surface area contributed by atoms with Crippen molar-refractivity contribution in [2.75, 3.05) is 6.61 Å². The van der Waals surface area contributed by atoms with Crippen molar-refractivity contribution in [2.45, 2.75) is 48.0 Å². The summed E-state index contributed by atoms with van der Waals surface area (Å²) in [4.78, 5) is 0.